The van der Waals surface area contributed by atoms with Gasteiger partial charge < -0.3 is 14.9 Å². The molecule has 2 rings (SSSR count). The fourth-order valence-corrected chi connectivity index (χ4v) is 2.74. The summed E-state index contributed by atoms with van der Waals surface area (Å²) in [6, 6.07) is 7.27. The van der Waals surface area contributed by atoms with E-state index in [0.29, 0.717) is 0 Å². The van der Waals surface area contributed by atoms with Crippen molar-refractivity contribution >= 4 is 5.97 Å². The van der Waals surface area contributed by atoms with Gasteiger partial charge in [-0.15, -0.1) is 0 Å². The first-order chi connectivity index (χ1) is 10.4. The van der Waals surface area contributed by atoms with Crippen molar-refractivity contribution < 1.29 is 19.7 Å². The highest BCUT2D eigenvalue weighted by Gasteiger charge is 2.34. The minimum absolute atomic E-state index is 0.277. The number of rotatable bonds is 5. The van der Waals surface area contributed by atoms with Gasteiger partial charge in [0.1, 0.15) is 5.75 Å². The predicted octanol–water partition coefficient (Wildman–Crippen LogP) is 0.434. The summed E-state index contributed by atoms with van der Waals surface area (Å²) in [5, 5.41) is 19.6. The maximum Gasteiger partial charge on any atom is 0.338 e. The molecule has 1 aromatic rings. The molecule has 1 atom stereocenters. The van der Waals surface area contributed by atoms with Gasteiger partial charge in [0.25, 0.3) is 0 Å². The van der Waals surface area contributed by atoms with Gasteiger partial charge in [0, 0.05) is 39.3 Å². The Bertz CT molecular complexity index is 511. The Morgan fingerprint density at radius 1 is 1.27 bits per heavy atom. The van der Waals surface area contributed by atoms with Crippen LogP contribution >= 0.6 is 0 Å². The largest absolute Gasteiger partial charge is 0.508 e. The number of nitrogens with zero attached hydrogens (tertiary/aromatic N) is 2. The smallest absolute Gasteiger partial charge is 0.338 e. The molecule has 6 nitrogen and oxygen atoms in total. The zero-order valence-corrected chi connectivity index (χ0v) is 13.2. The van der Waals surface area contributed by atoms with Gasteiger partial charge in [-0.2, -0.15) is 0 Å². The highest BCUT2D eigenvalue weighted by atomic mass is 16.5. The molecule has 0 aromatic heterocycles. The van der Waals surface area contributed by atoms with Crippen molar-refractivity contribution in [2.75, 3.05) is 39.8 Å². The van der Waals surface area contributed by atoms with Gasteiger partial charge in [-0.25, -0.2) is 4.79 Å². The highest BCUT2D eigenvalue weighted by molar-refractivity contribution is 5.78. The topological polar surface area (TPSA) is 73.2 Å². The summed E-state index contributed by atoms with van der Waals surface area (Å²) in [4.78, 5) is 15.9. The predicted molar refractivity (Wildman–Crippen MR) is 82.5 cm³/mol. The van der Waals surface area contributed by atoms with Gasteiger partial charge in [0.05, 0.1) is 7.11 Å². The lowest BCUT2D eigenvalue weighted by Crippen LogP contribution is -2.53. The number of methoxy groups -OCH3 is 1. The van der Waals surface area contributed by atoms with Gasteiger partial charge in [-0.3, -0.25) is 9.80 Å². The molecular weight excluding hydrogens is 284 g/mol. The van der Waals surface area contributed by atoms with Crippen molar-refractivity contribution in [3.63, 3.8) is 0 Å². The molecule has 2 N–H and O–H groups in total. The highest BCUT2D eigenvalue weighted by Crippen LogP contribution is 2.15. The summed E-state index contributed by atoms with van der Waals surface area (Å²) in [6.45, 7) is 5.82. The van der Waals surface area contributed by atoms with Crippen molar-refractivity contribution in [1.29, 1.82) is 0 Å². The average Bonchev–Trinajstić information content (AvgIpc) is 2.48. The van der Waals surface area contributed by atoms with Crippen molar-refractivity contribution in [1.82, 2.24) is 9.80 Å². The molecule has 0 unspecified atom stereocenters. The maximum atomic E-state index is 11.5. The average molecular weight is 308 g/mol. The Balaban J connectivity index is 1.82. The number of ether oxygens (including phenoxy) is 1. The first kappa shape index (κ1) is 16.7. The third kappa shape index (κ3) is 4.43. The van der Waals surface area contributed by atoms with E-state index < -0.39 is 11.6 Å². The quantitative estimate of drug-likeness (QED) is 0.769. The van der Waals surface area contributed by atoms with E-state index in [0.717, 1.165) is 38.3 Å². The normalized spacial score (nSPS) is 19.6. The molecule has 1 fully saturated rings. The maximum absolute atomic E-state index is 11.5. The van der Waals surface area contributed by atoms with Crippen LogP contribution in [-0.4, -0.2) is 71.4 Å². The zero-order chi connectivity index (χ0) is 16.2. The Morgan fingerprint density at radius 2 is 1.91 bits per heavy atom. The molecule has 0 amide bonds. The van der Waals surface area contributed by atoms with E-state index in [2.05, 4.69) is 14.5 Å². The molecule has 1 saturated heterocycles. The number of esters is 1. The number of phenolic OH excluding ortho intramolecular Hbond substituents is 1. The number of phenols is 1. The van der Waals surface area contributed by atoms with Crippen LogP contribution in [-0.2, 0) is 16.1 Å². The molecule has 1 aliphatic rings. The molecule has 0 radical (unpaired) electrons. The molecule has 1 aromatic carbocycles. The van der Waals surface area contributed by atoms with E-state index in [4.69, 9.17) is 0 Å². The van der Waals surface area contributed by atoms with Crippen molar-refractivity contribution in [3.05, 3.63) is 29.8 Å². The summed E-state index contributed by atoms with van der Waals surface area (Å²) in [7, 11) is 1.28. The second-order valence-electron chi connectivity index (χ2n) is 5.99. The fraction of sp³-hybridized carbons (Fsp3) is 0.562. The summed E-state index contributed by atoms with van der Waals surface area (Å²) in [5.41, 5.74) is -0.391. The van der Waals surface area contributed by atoms with Crippen LogP contribution in [0, 0.1) is 0 Å². The van der Waals surface area contributed by atoms with E-state index in [1.807, 2.05) is 12.1 Å². The number of piperazine rings is 1. The molecule has 122 valence electrons. The molecule has 6 heteroatoms. The molecule has 1 heterocycles. The monoisotopic (exact) mass is 308 g/mol. The molecular formula is C16H24N2O4. The van der Waals surface area contributed by atoms with Crippen LogP contribution in [0.2, 0.25) is 0 Å². The van der Waals surface area contributed by atoms with Crippen molar-refractivity contribution in [2.24, 2.45) is 0 Å². The molecule has 0 saturated carbocycles. The molecule has 0 spiro atoms. The summed E-state index contributed by atoms with van der Waals surface area (Å²) in [5.74, 6) is -0.319. The Kier molecular flexibility index (Phi) is 5.39. The Hall–Kier alpha value is -1.63. The molecule has 22 heavy (non-hydrogen) atoms. The van der Waals surface area contributed by atoms with Gasteiger partial charge in [0.15, 0.2) is 5.60 Å². The van der Waals surface area contributed by atoms with Crippen LogP contribution in [0.4, 0.5) is 0 Å². The van der Waals surface area contributed by atoms with E-state index in [1.165, 1.54) is 14.0 Å². The van der Waals surface area contributed by atoms with Gasteiger partial charge in [-0.05, 0) is 24.6 Å². The Labute approximate surface area is 130 Å². The third-order valence-electron chi connectivity index (χ3n) is 3.94. The third-order valence-corrected chi connectivity index (χ3v) is 3.94. The van der Waals surface area contributed by atoms with Crippen LogP contribution in [0.5, 0.6) is 5.75 Å². The fourth-order valence-electron chi connectivity index (χ4n) is 2.74. The number of hydrogen-bond acceptors (Lipinski definition) is 6. The number of benzene rings is 1. The first-order valence-corrected chi connectivity index (χ1v) is 7.44. The minimum atomic E-state index is -1.47. The summed E-state index contributed by atoms with van der Waals surface area (Å²) < 4.78 is 4.62. The number of aliphatic hydroxyl groups is 1. The minimum Gasteiger partial charge on any atom is -0.508 e. The number of carbonyl (C=O) groups excluding carboxylic acids is 1. The Morgan fingerprint density at radius 3 is 2.50 bits per heavy atom. The van der Waals surface area contributed by atoms with Gasteiger partial charge in [-0.1, -0.05) is 12.1 Å². The van der Waals surface area contributed by atoms with Crippen LogP contribution in [0.15, 0.2) is 24.3 Å². The van der Waals surface area contributed by atoms with Crippen LogP contribution in [0.3, 0.4) is 0 Å². The standard InChI is InChI=1S/C16H24N2O4/c1-16(21,15(20)22-2)12-18-8-6-17(7-9-18)11-13-4-3-5-14(19)10-13/h3-5,10,19,21H,6-9,11-12H2,1-2H3/t16-/m0/s1. The van der Waals surface area contributed by atoms with Crippen molar-refractivity contribution in [2.45, 2.75) is 19.1 Å². The van der Waals surface area contributed by atoms with Crippen molar-refractivity contribution in [3.8, 4) is 5.75 Å². The number of aromatic hydroxyl groups is 1. The lowest BCUT2D eigenvalue weighted by molar-refractivity contribution is -0.162. The van der Waals surface area contributed by atoms with E-state index in [1.54, 1.807) is 12.1 Å². The molecule has 1 aliphatic heterocycles. The second kappa shape index (κ2) is 7.09. The second-order valence-corrected chi connectivity index (χ2v) is 5.99. The van der Waals surface area contributed by atoms with E-state index in [-0.39, 0.29) is 12.3 Å². The number of β-amino-alcohol motifs (C(OH)–C–C–N with tert-alkyl or cyclic N) is 1. The van der Waals surface area contributed by atoms with E-state index >= 15 is 0 Å². The lowest BCUT2D eigenvalue weighted by Gasteiger charge is -2.37. The van der Waals surface area contributed by atoms with Gasteiger partial charge >= 0.3 is 5.97 Å². The van der Waals surface area contributed by atoms with Gasteiger partial charge in [0.2, 0.25) is 0 Å². The zero-order valence-electron chi connectivity index (χ0n) is 13.2. The van der Waals surface area contributed by atoms with E-state index in [9.17, 15) is 15.0 Å². The SMILES string of the molecule is COC(=O)[C@@](C)(O)CN1CCN(Cc2cccc(O)c2)CC1. The molecule has 0 bridgehead atoms. The lowest BCUT2D eigenvalue weighted by atomic mass is 10.1. The molecule has 0 aliphatic carbocycles. The van der Waals surface area contributed by atoms with Crippen LogP contribution < -0.4 is 0 Å². The van der Waals surface area contributed by atoms with Crippen LogP contribution in [0.1, 0.15) is 12.5 Å². The summed E-state index contributed by atoms with van der Waals surface area (Å²) >= 11 is 0. The summed E-state index contributed by atoms with van der Waals surface area (Å²) in [6.07, 6.45) is 0. The van der Waals surface area contributed by atoms with Crippen LogP contribution in [0.25, 0.3) is 0 Å². The number of carbonyl (C=O) groups is 1. The number of hydrogen-bond donors (Lipinski definition) is 2. The first-order valence-electron chi connectivity index (χ1n) is 7.44.